The third-order valence-electron chi connectivity index (χ3n) is 4.08. The summed E-state index contributed by atoms with van der Waals surface area (Å²) in [5.41, 5.74) is 2.24. The molecule has 1 aromatic carbocycles. The number of anilines is 1. The average molecular weight is 259 g/mol. The molecule has 19 heavy (non-hydrogen) atoms. The Hall–Kier alpha value is -1.39. The standard InChI is InChI=1S/C15H21N3O/c19-15-14(18-10-3-8-16-9-11-18)7-6-12-4-1-2-5-13(12)17-15/h1-2,4-5,14,16H,3,6-11H2,(H,17,19)/t14-/m1/s1. The molecule has 4 heteroatoms. The lowest BCUT2D eigenvalue weighted by Crippen LogP contribution is -2.45. The second-order valence-electron chi connectivity index (χ2n) is 5.34. The van der Waals surface area contributed by atoms with Gasteiger partial charge in [-0.1, -0.05) is 18.2 Å². The van der Waals surface area contributed by atoms with Crippen LogP contribution in [0, 0.1) is 0 Å². The molecule has 4 nitrogen and oxygen atoms in total. The summed E-state index contributed by atoms with van der Waals surface area (Å²) in [6.07, 6.45) is 3.02. The molecule has 1 fully saturated rings. The third-order valence-corrected chi connectivity index (χ3v) is 4.08. The van der Waals surface area contributed by atoms with Gasteiger partial charge in [0.15, 0.2) is 0 Å². The molecule has 0 aromatic heterocycles. The minimum Gasteiger partial charge on any atom is -0.324 e. The Labute approximate surface area is 114 Å². The zero-order chi connectivity index (χ0) is 13.1. The summed E-state index contributed by atoms with van der Waals surface area (Å²) in [7, 11) is 0. The van der Waals surface area contributed by atoms with E-state index in [1.165, 1.54) is 5.56 Å². The van der Waals surface area contributed by atoms with Gasteiger partial charge in [-0.2, -0.15) is 0 Å². The van der Waals surface area contributed by atoms with Crippen LogP contribution < -0.4 is 10.6 Å². The molecule has 1 saturated heterocycles. The Kier molecular flexibility index (Phi) is 3.80. The number of nitrogens with zero attached hydrogens (tertiary/aromatic N) is 1. The Morgan fingerprint density at radius 2 is 2.05 bits per heavy atom. The number of hydrogen-bond acceptors (Lipinski definition) is 3. The van der Waals surface area contributed by atoms with Crippen LogP contribution in [0.15, 0.2) is 24.3 Å². The highest BCUT2D eigenvalue weighted by Crippen LogP contribution is 2.23. The molecule has 0 spiro atoms. The van der Waals surface area contributed by atoms with Crippen molar-refractivity contribution in [3.05, 3.63) is 29.8 Å². The maximum Gasteiger partial charge on any atom is 0.241 e. The smallest absolute Gasteiger partial charge is 0.241 e. The molecule has 0 bridgehead atoms. The minimum atomic E-state index is 0.0206. The Morgan fingerprint density at radius 3 is 3.00 bits per heavy atom. The fraction of sp³-hybridized carbons (Fsp3) is 0.533. The highest BCUT2D eigenvalue weighted by Gasteiger charge is 2.28. The Morgan fingerprint density at radius 1 is 1.16 bits per heavy atom. The summed E-state index contributed by atoms with van der Waals surface area (Å²) in [4.78, 5) is 14.7. The lowest BCUT2D eigenvalue weighted by molar-refractivity contribution is -0.121. The zero-order valence-electron chi connectivity index (χ0n) is 11.2. The highest BCUT2D eigenvalue weighted by atomic mass is 16.2. The number of aryl methyl sites for hydroxylation is 1. The van der Waals surface area contributed by atoms with Gasteiger partial charge < -0.3 is 10.6 Å². The van der Waals surface area contributed by atoms with Crippen molar-refractivity contribution in [1.82, 2.24) is 10.2 Å². The van der Waals surface area contributed by atoms with Crippen LogP contribution in [0.4, 0.5) is 5.69 Å². The van der Waals surface area contributed by atoms with Gasteiger partial charge in [-0.15, -0.1) is 0 Å². The second kappa shape index (κ2) is 5.72. The van der Waals surface area contributed by atoms with Gasteiger partial charge >= 0.3 is 0 Å². The van der Waals surface area contributed by atoms with Gasteiger partial charge in [0.25, 0.3) is 0 Å². The second-order valence-corrected chi connectivity index (χ2v) is 5.34. The van der Waals surface area contributed by atoms with Crippen molar-refractivity contribution in [3.63, 3.8) is 0 Å². The minimum absolute atomic E-state index is 0.0206. The quantitative estimate of drug-likeness (QED) is 0.797. The lowest BCUT2D eigenvalue weighted by Gasteiger charge is -2.27. The monoisotopic (exact) mass is 259 g/mol. The van der Waals surface area contributed by atoms with Crippen LogP contribution in [0.2, 0.25) is 0 Å². The van der Waals surface area contributed by atoms with Gasteiger partial charge in [-0.05, 0) is 37.4 Å². The predicted molar refractivity (Wildman–Crippen MR) is 76.2 cm³/mol. The van der Waals surface area contributed by atoms with Crippen LogP contribution in [0.1, 0.15) is 18.4 Å². The first-order chi connectivity index (χ1) is 9.34. The molecular weight excluding hydrogens is 238 g/mol. The number of carbonyl (C=O) groups excluding carboxylic acids is 1. The fourth-order valence-electron chi connectivity index (χ4n) is 3.03. The van der Waals surface area contributed by atoms with Crippen molar-refractivity contribution < 1.29 is 4.79 Å². The first-order valence-electron chi connectivity index (χ1n) is 7.18. The van der Waals surface area contributed by atoms with Crippen LogP contribution >= 0.6 is 0 Å². The molecule has 1 atom stereocenters. The number of carbonyl (C=O) groups is 1. The van der Waals surface area contributed by atoms with E-state index in [1.807, 2.05) is 18.2 Å². The van der Waals surface area contributed by atoms with Crippen molar-refractivity contribution in [2.75, 3.05) is 31.5 Å². The molecule has 2 heterocycles. The van der Waals surface area contributed by atoms with Gasteiger partial charge in [-0.3, -0.25) is 9.69 Å². The maximum atomic E-state index is 12.4. The molecule has 0 aliphatic carbocycles. The third kappa shape index (κ3) is 2.80. The van der Waals surface area contributed by atoms with Crippen LogP contribution in [0.3, 0.4) is 0 Å². The van der Waals surface area contributed by atoms with Gasteiger partial charge in [-0.25, -0.2) is 0 Å². The van der Waals surface area contributed by atoms with E-state index < -0.39 is 0 Å². The van der Waals surface area contributed by atoms with E-state index in [-0.39, 0.29) is 11.9 Å². The molecule has 3 rings (SSSR count). The highest BCUT2D eigenvalue weighted by molar-refractivity contribution is 5.96. The zero-order valence-corrected chi connectivity index (χ0v) is 11.2. The van der Waals surface area contributed by atoms with Crippen LogP contribution in [-0.2, 0) is 11.2 Å². The number of benzene rings is 1. The number of rotatable bonds is 1. The lowest BCUT2D eigenvalue weighted by atomic mass is 10.0. The summed E-state index contributed by atoms with van der Waals surface area (Å²) < 4.78 is 0. The normalized spacial score (nSPS) is 25.1. The summed E-state index contributed by atoms with van der Waals surface area (Å²) in [5.74, 6) is 0.159. The van der Waals surface area contributed by atoms with E-state index in [9.17, 15) is 4.79 Å². The Bertz CT molecular complexity index is 452. The van der Waals surface area contributed by atoms with Gasteiger partial charge in [0.05, 0.1) is 6.04 Å². The van der Waals surface area contributed by atoms with E-state index >= 15 is 0 Å². The van der Waals surface area contributed by atoms with Gasteiger partial charge in [0.1, 0.15) is 0 Å². The van der Waals surface area contributed by atoms with Crippen LogP contribution in [0.5, 0.6) is 0 Å². The number of hydrogen-bond donors (Lipinski definition) is 2. The summed E-state index contributed by atoms with van der Waals surface area (Å²) in [6, 6.07) is 8.16. The molecule has 2 N–H and O–H groups in total. The van der Waals surface area contributed by atoms with E-state index in [4.69, 9.17) is 0 Å². The van der Waals surface area contributed by atoms with Crippen LogP contribution in [-0.4, -0.2) is 43.0 Å². The van der Waals surface area contributed by atoms with Crippen molar-refractivity contribution in [2.24, 2.45) is 0 Å². The first kappa shape index (κ1) is 12.6. The van der Waals surface area contributed by atoms with Crippen molar-refractivity contribution in [2.45, 2.75) is 25.3 Å². The Balaban J connectivity index is 1.76. The molecule has 1 aromatic rings. The number of nitrogens with one attached hydrogen (secondary N) is 2. The van der Waals surface area contributed by atoms with Crippen molar-refractivity contribution in [1.29, 1.82) is 0 Å². The number of para-hydroxylation sites is 1. The largest absolute Gasteiger partial charge is 0.324 e. The van der Waals surface area contributed by atoms with Crippen molar-refractivity contribution >= 4 is 11.6 Å². The molecule has 2 aliphatic rings. The summed E-state index contributed by atoms with van der Waals surface area (Å²) in [6.45, 7) is 4.03. The molecule has 1 amide bonds. The fourth-order valence-corrected chi connectivity index (χ4v) is 3.03. The van der Waals surface area contributed by atoms with E-state index in [0.717, 1.165) is 51.1 Å². The van der Waals surface area contributed by atoms with Gasteiger partial charge in [0, 0.05) is 25.3 Å². The first-order valence-corrected chi connectivity index (χ1v) is 7.18. The molecule has 0 unspecified atom stereocenters. The average Bonchev–Trinajstić information content (AvgIpc) is 2.77. The van der Waals surface area contributed by atoms with E-state index in [1.54, 1.807) is 0 Å². The van der Waals surface area contributed by atoms with Crippen molar-refractivity contribution in [3.8, 4) is 0 Å². The number of fused-ring (bicyclic) bond motifs is 1. The van der Waals surface area contributed by atoms with E-state index in [2.05, 4.69) is 21.6 Å². The predicted octanol–water partition coefficient (Wildman–Crippen LogP) is 1.24. The molecule has 0 saturated carbocycles. The SMILES string of the molecule is O=C1Nc2ccccc2CC[C@H]1N1CCCNCC1. The maximum absolute atomic E-state index is 12.4. The summed E-state index contributed by atoms with van der Waals surface area (Å²) in [5, 5.41) is 6.48. The topological polar surface area (TPSA) is 44.4 Å². The molecular formula is C15H21N3O. The molecule has 0 radical (unpaired) electrons. The van der Waals surface area contributed by atoms with Gasteiger partial charge in [0.2, 0.25) is 5.91 Å². The summed E-state index contributed by atoms with van der Waals surface area (Å²) >= 11 is 0. The number of amides is 1. The molecule has 2 aliphatic heterocycles. The van der Waals surface area contributed by atoms with Crippen LogP contribution in [0.25, 0.3) is 0 Å². The van der Waals surface area contributed by atoms with E-state index in [0.29, 0.717) is 0 Å². The molecule has 102 valence electrons.